The molecule has 2 aliphatic rings. The van der Waals surface area contributed by atoms with Gasteiger partial charge >= 0.3 is 18.1 Å². The molecule has 3 heterocycles. The first-order valence-corrected chi connectivity index (χ1v) is 19.3. The third-order valence-corrected chi connectivity index (χ3v) is 10.2. The number of aliphatic carboxylic acids is 1. The molecular formula is C39H49ClF2N8O10. The van der Waals surface area contributed by atoms with Gasteiger partial charge in [0.1, 0.15) is 5.60 Å². The molecule has 0 saturated carbocycles. The first-order chi connectivity index (χ1) is 28.3. The van der Waals surface area contributed by atoms with Crippen LogP contribution in [0.15, 0.2) is 36.5 Å². The third kappa shape index (κ3) is 11.8. The number of alkyl carbamates (subject to hydrolysis) is 1. The van der Waals surface area contributed by atoms with Gasteiger partial charge in [-0.3, -0.25) is 9.59 Å². The molecule has 0 radical (unpaired) electrons. The summed E-state index contributed by atoms with van der Waals surface area (Å²) in [5.74, 6) is -4.58. The molecule has 0 spiro atoms. The van der Waals surface area contributed by atoms with E-state index in [0.717, 1.165) is 0 Å². The Morgan fingerprint density at radius 1 is 0.983 bits per heavy atom. The number of urea groups is 1. The van der Waals surface area contributed by atoms with Gasteiger partial charge in [0.25, 0.3) is 11.8 Å². The van der Waals surface area contributed by atoms with Crippen LogP contribution in [0.5, 0.6) is 5.75 Å². The highest BCUT2D eigenvalue weighted by molar-refractivity contribution is 6.34. The number of piperazine rings is 2. The van der Waals surface area contributed by atoms with E-state index in [1.54, 1.807) is 35.5 Å². The molecule has 2 fully saturated rings. The predicted molar refractivity (Wildman–Crippen MR) is 211 cm³/mol. The van der Waals surface area contributed by atoms with E-state index in [0.29, 0.717) is 50.2 Å². The van der Waals surface area contributed by atoms with Crippen LogP contribution >= 0.6 is 11.6 Å². The minimum absolute atomic E-state index is 0.0859. The van der Waals surface area contributed by atoms with Crippen LogP contribution < -0.4 is 20.5 Å². The van der Waals surface area contributed by atoms with Gasteiger partial charge in [-0.1, -0.05) is 11.6 Å². The Balaban J connectivity index is 0.00000257. The number of carboxylic acids is 1. The van der Waals surface area contributed by atoms with Crippen LogP contribution in [0.25, 0.3) is 11.3 Å². The summed E-state index contributed by atoms with van der Waals surface area (Å²) < 4.78 is 40.8. The smallest absolute Gasteiger partial charge is 0.407 e. The van der Waals surface area contributed by atoms with Crippen LogP contribution in [-0.4, -0.2) is 155 Å². The number of hydrogen-bond donors (Lipinski definition) is 3. The van der Waals surface area contributed by atoms with Crippen molar-refractivity contribution >= 4 is 53.7 Å². The number of quaternary nitrogens is 1. The number of carbonyl (C=O) groups is 6. The Hall–Kier alpha value is -6.02. The second-order valence-corrected chi connectivity index (χ2v) is 15.5. The number of methoxy groups -OCH3 is 1. The third-order valence-electron chi connectivity index (χ3n) is 9.94. The molecular weight excluding hydrogens is 814 g/mol. The van der Waals surface area contributed by atoms with Crippen molar-refractivity contribution in [2.75, 3.05) is 84.4 Å². The first kappa shape index (κ1) is 46.7. The van der Waals surface area contributed by atoms with E-state index in [2.05, 4.69) is 15.6 Å². The number of imidazole rings is 1. The van der Waals surface area contributed by atoms with E-state index < -0.39 is 41.7 Å². The van der Waals surface area contributed by atoms with Crippen molar-refractivity contribution in [1.82, 2.24) is 29.6 Å². The molecule has 18 nitrogen and oxygen atoms in total. The molecule has 1 aromatic heterocycles. The number of ether oxygens (including phenoxy) is 2. The maximum Gasteiger partial charge on any atom is 0.407 e. The van der Waals surface area contributed by atoms with Crippen LogP contribution in [0.4, 0.5) is 24.1 Å². The van der Waals surface area contributed by atoms with E-state index in [-0.39, 0.29) is 83.8 Å². The second kappa shape index (κ2) is 20.3. The van der Waals surface area contributed by atoms with Gasteiger partial charge in [0, 0.05) is 63.9 Å². The van der Waals surface area contributed by atoms with Crippen LogP contribution in [0, 0.1) is 11.6 Å². The highest BCUT2D eigenvalue weighted by Gasteiger charge is 2.38. The average Bonchev–Trinajstić information content (AvgIpc) is 3.57. The van der Waals surface area contributed by atoms with Crippen LogP contribution in [0.3, 0.4) is 0 Å². The van der Waals surface area contributed by atoms with Gasteiger partial charge in [0.05, 0.1) is 62.3 Å². The molecule has 2 saturated heterocycles. The molecule has 2 aromatic carbocycles. The number of nitrogens with one attached hydrogen (secondary N) is 2. The topological polar surface area (TPSA) is 216 Å². The lowest BCUT2D eigenvalue weighted by Gasteiger charge is -2.45. The van der Waals surface area contributed by atoms with Crippen molar-refractivity contribution in [2.45, 2.75) is 32.8 Å². The largest absolute Gasteiger partial charge is 0.554 e. The molecule has 3 aromatic rings. The van der Waals surface area contributed by atoms with Gasteiger partial charge in [-0.2, -0.15) is 4.39 Å². The molecule has 5 rings (SSSR count). The summed E-state index contributed by atoms with van der Waals surface area (Å²) in [6.45, 7) is 8.31. The molecule has 2 aliphatic heterocycles. The van der Waals surface area contributed by atoms with Crippen molar-refractivity contribution in [3.8, 4) is 17.0 Å². The maximum absolute atomic E-state index is 14.7. The summed E-state index contributed by atoms with van der Waals surface area (Å²) in [6.07, 6.45) is 1.26. The Morgan fingerprint density at radius 2 is 1.60 bits per heavy atom. The average molecular weight is 863 g/mol. The monoisotopic (exact) mass is 862 g/mol. The van der Waals surface area contributed by atoms with Gasteiger partial charge in [-0.25, -0.2) is 23.8 Å². The van der Waals surface area contributed by atoms with E-state index >= 15 is 0 Å². The van der Waals surface area contributed by atoms with Gasteiger partial charge in [-0.15, -0.1) is 0 Å². The van der Waals surface area contributed by atoms with Gasteiger partial charge < -0.3 is 58.9 Å². The van der Waals surface area contributed by atoms with Crippen molar-refractivity contribution in [3.05, 3.63) is 64.6 Å². The number of aromatic nitrogens is 2. The molecule has 3 N–H and O–H groups in total. The quantitative estimate of drug-likeness (QED) is 0.145. The molecule has 5 amide bonds. The van der Waals surface area contributed by atoms with Crippen LogP contribution in [0.1, 0.15) is 48.2 Å². The number of carboxylic acid groups (broad SMARTS) is 2. The summed E-state index contributed by atoms with van der Waals surface area (Å²) in [4.78, 5) is 81.1. The number of hydrogen-bond acceptors (Lipinski definition) is 10. The van der Waals surface area contributed by atoms with E-state index in [4.69, 9.17) is 31.0 Å². The minimum atomic E-state index is -1.16. The zero-order valence-electron chi connectivity index (χ0n) is 34.0. The molecule has 0 unspecified atom stereocenters. The molecule has 0 aliphatic carbocycles. The summed E-state index contributed by atoms with van der Waals surface area (Å²) in [6, 6.07) is 6.84. The van der Waals surface area contributed by atoms with E-state index in [1.165, 1.54) is 55.3 Å². The normalized spacial score (nSPS) is 15.0. The number of anilines is 1. The van der Waals surface area contributed by atoms with Gasteiger partial charge in [0.2, 0.25) is 5.82 Å². The zero-order valence-corrected chi connectivity index (χ0v) is 34.7. The number of amides is 5. The fourth-order valence-corrected chi connectivity index (χ4v) is 7.19. The van der Waals surface area contributed by atoms with Crippen LogP contribution in [0.2, 0.25) is 5.02 Å². The van der Waals surface area contributed by atoms with Crippen molar-refractivity contribution in [2.24, 2.45) is 7.05 Å². The highest BCUT2D eigenvalue weighted by atomic mass is 35.5. The fraction of sp³-hybridized carbons (Fsp3) is 0.462. The molecule has 60 heavy (non-hydrogen) atoms. The Bertz CT molecular complexity index is 2060. The Morgan fingerprint density at radius 3 is 2.18 bits per heavy atom. The van der Waals surface area contributed by atoms with Crippen molar-refractivity contribution < 1.29 is 61.7 Å². The van der Waals surface area contributed by atoms with E-state index in [9.17, 15) is 37.9 Å². The molecule has 326 valence electrons. The van der Waals surface area contributed by atoms with E-state index in [1.807, 2.05) is 0 Å². The lowest BCUT2D eigenvalue weighted by molar-refractivity contribution is -0.925. The van der Waals surface area contributed by atoms with Crippen LogP contribution in [-0.2, 0) is 21.4 Å². The first-order valence-electron chi connectivity index (χ1n) is 18.9. The van der Waals surface area contributed by atoms with Crippen molar-refractivity contribution in [1.29, 1.82) is 0 Å². The predicted octanol–water partition coefficient (Wildman–Crippen LogP) is 2.66. The van der Waals surface area contributed by atoms with Crippen molar-refractivity contribution in [3.63, 3.8) is 0 Å². The summed E-state index contributed by atoms with van der Waals surface area (Å²) in [7, 11) is 2.71. The molecule has 0 bridgehead atoms. The SMILES string of the molecule is COc1ccc(-c2cnc(C(=O)Nc3ccc(C(=O)N4CCN(C(=O)N5CC[N+](CCCNC(=O)OC(C)(C)C)(CC(=O)O)CC5)CC4)c(Cl)c3)n2C)c(F)c1F.O=C[O-]. The minimum Gasteiger partial charge on any atom is -0.554 e. The summed E-state index contributed by atoms with van der Waals surface area (Å²) in [5, 5.41) is 23.3. The Labute approximate surface area is 350 Å². The number of rotatable bonds is 11. The lowest BCUT2D eigenvalue weighted by atomic mass is 10.1. The number of benzene rings is 2. The lowest BCUT2D eigenvalue weighted by Crippen LogP contribution is -2.64. The van der Waals surface area contributed by atoms with Gasteiger partial charge in [0.15, 0.2) is 23.9 Å². The standard InChI is InChI=1S/C38H47ClF2N8O8.CH2O2/c1-38(2,3)57-36(54)42-11-6-18-49(23-30(50)51)19-16-48(17-20-49)37(55)47-14-12-46(13-15-47)35(53)25-8-7-24(21-27(25)39)44-34(52)33-43-22-28(45(33)4)26-9-10-29(56-5)32(41)31(26)40;2-1-3/h7-10,21-22H,6,11-20,23H2,1-5H3,(H2-,42,44,50,51,52,53,54);1H,(H,2,3). The zero-order chi connectivity index (χ0) is 44.4. The Kier molecular flexibility index (Phi) is 15.8. The highest BCUT2D eigenvalue weighted by Crippen LogP contribution is 2.30. The maximum atomic E-state index is 14.7. The fourth-order valence-electron chi connectivity index (χ4n) is 6.93. The molecule has 0 atom stereocenters. The second-order valence-electron chi connectivity index (χ2n) is 15.1. The number of halogens is 3. The summed E-state index contributed by atoms with van der Waals surface area (Å²) in [5.41, 5.74) is -0.0984. The number of carbonyl (C=O) groups excluding carboxylic acids is 5. The van der Waals surface area contributed by atoms with Gasteiger partial charge in [-0.05, 0) is 51.1 Å². The number of nitrogens with zero attached hydrogens (tertiary/aromatic N) is 6. The molecule has 21 heteroatoms. The summed E-state index contributed by atoms with van der Waals surface area (Å²) >= 11 is 6.52.